The number of rotatable bonds is 5. The molecule has 34 heavy (non-hydrogen) atoms. The predicted octanol–water partition coefficient (Wildman–Crippen LogP) is 3.65. The number of nitrogens with zero attached hydrogens (tertiary/aromatic N) is 5. The molecular formula is C24H24F2N6O2. The normalized spacial score (nSPS) is 21.6. The maximum atomic E-state index is 14.8. The summed E-state index contributed by atoms with van der Waals surface area (Å²) in [5.74, 6) is -0.271. The number of aromatic nitrogens is 3. The number of nitrogens with one attached hydrogen (secondary N) is 1. The van der Waals surface area contributed by atoms with Crippen LogP contribution < -0.4 is 5.32 Å². The van der Waals surface area contributed by atoms with Crippen molar-refractivity contribution in [1.82, 2.24) is 25.2 Å². The fourth-order valence-corrected chi connectivity index (χ4v) is 4.74. The van der Waals surface area contributed by atoms with Crippen LogP contribution in [0.2, 0.25) is 0 Å². The highest BCUT2D eigenvalue weighted by Gasteiger charge is 2.42. The minimum Gasteiger partial charge on any atom is -0.380 e. The third kappa shape index (κ3) is 3.77. The standard InChI is InChI=1S/C24H24F2N6O2/c25-17-4-2-1-3-16(17)13-32-21(19-5-10-34-30-19)11-20(29-32)22-27-12-18(26)23(28-22)31-8-6-24(7-9-31)14-33-15-24/h1-5,10-12,22,28H,6-9,13-15H2. The number of allylic oxidation sites excluding steroid dienone is 1. The predicted molar refractivity (Wildman–Crippen MR) is 120 cm³/mol. The number of benzene rings is 1. The van der Waals surface area contributed by atoms with E-state index in [1.165, 1.54) is 18.5 Å². The van der Waals surface area contributed by atoms with Gasteiger partial charge in [-0.2, -0.15) is 5.10 Å². The van der Waals surface area contributed by atoms with Crippen molar-refractivity contribution in [3.8, 4) is 11.4 Å². The first-order valence-electron chi connectivity index (χ1n) is 11.3. The number of piperidine rings is 1. The third-order valence-electron chi connectivity index (χ3n) is 6.85. The zero-order valence-corrected chi connectivity index (χ0v) is 18.5. The van der Waals surface area contributed by atoms with Crippen LogP contribution in [0.4, 0.5) is 8.78 Å². The number of halogens is 2. The van der Waals surface area contributed by atoms with Crippen molar-refractivity contribution < 1.29 is 18.0 Å². The summed E-state index contributed by atoms with van der Waals surface area (Å²) >= 11 is 0. The molecule has 2 aromatic heterocycles. The van der Waals surface area contributed by atoms with Crippen LogP contribution in [-0.2, 0) is 11.3 Å². The lowest BCUT2D eigenvalue weighted by molar-refractivity contribution is -0.137. The second kappa shape index (κ2) is 8.35. The maximum Gasteiger partial charge on any atom is 0.181 e. The zero-order valence-electron chi connectivity index (χ0n) is 18.5. The highest BCUT2D eigenvalue weighted by molar-refractivity contribution is 5.77. The molecule has 8 nitrogen and oxygen atoms in total. The lowest BCUT2D eigenvalue weighted by atomic mass is 9.77. The number of aliphatic imine (C=N–C) groups is 1. The van der Waals surface area contributed by atoms with Gasteiger partial charge in [0.25, 0.3) is 0 Å². The van der Waals surface area contributed by atoms with Gasteiger partial charge in [0.1, 0.15) is 29.3 Å². The van der Waals surface area contributed by atoms with Crippen LogP contribution in [0.5, 0.6) is 0 Å². The molecular weight excluding hydrogens is 442 g/mol. The summed E-state index contributed by atoms with van der Waals surface area (Å²) in [6.45, 7) is 3.31. The van der Waals surface area contributed by atoms with Crippen LogP contribution in [0.1, 0.15) is 30.3 Å². The number of hydrogen-bond donors (Lipinski definition) is 1. The Balaban J connectivity index is 1.26. The molecule has 2 saturated heterocycles. The van der Waals surface area contributed by atoms with Crippen molar-refractivity contribution in [1.29, 1.82) is 0 Å². The molecule has 0 amide bonds. The van der Waals surface area contributed by atoms with Crippen molar-refractivity contribution in [3.05, 3.63) is 71.4 Å². The molecule has 10 heteroatoms. The van der Waals surface area contributed by atoms with Crippen LogP contribution in [0.15, 0.2) is 63.8 Å². The fourth-order valence-electron chi connectivity index (χ4n) is 4.74. The van der Waals surface area contributed by atoms with Crippen molar-refractivity contribution >= 4 is 6.21 Å². The average Bonchev–Trinajstić information content (AvgIpc) is 3.50. The summed E-state index contributed by atoms with van der Waals surface area (Å²) in [6, 6.07) is 10.1. The average molecular weight is 466 g/mol. The van der Waals surface area contributed by atoms with Gasteiger partial charge in [0.05, 0.1) is 31.7 Å². The van der Waals surface area contributed by atoms with Gasteiger partial charge >= 0.3 is 0 Å². The topological polar surface area (TPSA) is 80.7 Å². The summed E-state index contributed by atoms with van der Waals surface area (Å²) in [5, 5.41) is 11.9. The van der Waals surface area contributed by atoms with Crippen molar-refractivity contribution in [2.24, 2.45) is 10.4 Å². The highest BCUT2D eigenvalue weighted by atomic mass is 19.1. The van der Waals surface area contributed by atoms with Crippen molar-refractivity contribution in [2.45, 2.75) is 25.6 Å². The Bertz CT molecular complexity index is 1240. The molecule has 5 heterocycles. The van der Waals surface area contributed by atoms with E-state index in [1.807, 2.05) is 11.0 Å². The lowest BCUT2D eigenvalue weighted by Gasteiger charge is -2.48. The Morgan fingerprint density at radius 2 is 1.94 bits per heavy atom. The van der Waals surface area contributed by atoms with Gasteiger partial charge in [0, 0.05) is 30.1 Å². The van der Waals surface area contributed by atoms with Crippen LogP contribution in [0, 0.1) is 11.2 Å². The Morgan fingerprint density at radius 1 is 1.12 bits per heavy atom. The second-order valence-corrected chi connectivity index (χ2v) is 9.09. The zero-order chi connectivity index (χ0) is 23.1. The minimum absolute atomic E-state index is 0.207. The largest absolute Gasteiger partial charge is 0.380 e. The first-order valence-corrected chi connectivity index (χ1v) is 11.3. The lowest BCUT2D eigenvalue weighted by Crippen LogP contribution is -2.52. The first kappa shape index (κ1) is 21.0. The number of ether oxygens (including phenoxy) is 1. The second-order valence-electron chi connectivity index (χ2n) is 9.09. The van der Waals surface area contributed by atoms with E-state index in [1.54, 1.807) is 28.9 Å². The molecule has 1 aromatic carbocycles. The molecule has 1 atom stereocenters. The third-order valence-corrected chi connectivity index (χ3v) is 6.85. The Morgan fingerprint density at radius 3 is 2.65 bits per heavy atom. The van der Waals surface area contributed by atoms with E-state index >= 15 is 0 Å². The summed E-state index contributed by atoms with van der Waals surface area (Å²) < 4.78 is 41.2. The van der Waals surface area contributed by atoms with Crippen LogP contribution in [0.25, 0.3) is 11.4 Å². The maximum absolute atomic E-state index is 14.8. The summed E-state index contributed by atoms with van der Waals surface area (Å²) in [4.78, 5) is 6.37. The van der Waals surface area contributed by atoms with E-state index in [2.05, 4.69) is 20.6 Å². The van der Waals surface area contributed by atoms with Crippen molar-refractivity contribution in [3.63, 3.8) is 0 Å². The number of hydrogen-bond acceptors (Lipinski definition) is 7. The Kier molecular flexibility index (Phi) is 5.17. The van der Waals surface area contributed by atoms with Gasteiger partial charge in [-0.1, -0.05) is 23.4 Å². The first-order chi connectivity index (χ1) is 16.6. The van der Waals surface area contributed by atoms with Crippen molar-refractivity contribution in [2.75, 3.05) is 26.3 Å². The summed E-state index contributed by atoms with van der Waals surface area (Å²) in [6.07, 6.45) is 4.09. The summed E-state index contributed by atoms with van der Waals surface area (Å²) in [5.41, 5.74) is 2.56. The molecule has 3 aliphatic rings. The molecule has 1 unspecified atom stereocenters. The Hall–Kier alpha value is -3.53. The van der Waals surface area contributed by atoms with E-state index in [4.69, 9.17) is 9.26 Å². The van der Waals surface area contributed by atoms with E-state index in [9.17, 15) is 8.78 Å². The Labute approximate surface area is 194 Å². The van der Waals surface area contributed by atoms with Gasteiger partial charge in [-0.3, -0.25) is 9.67 Å². The van der Waals surface area contributed by atoms with Gasteiger partial charge in [-0.25, -0.2) is 8.78 Å². The van der Waals surface area contributed by atoms with Gasteiger partial charge in [0.15, 0.2) is 12.0 Å². The van der Waals surface area contributed by atoms with Crippen LogP contribution >= 0.6 is 0 Å². The van der Waals surface area contributed by atoms with Gasteiger partial charge < -0.3 is 19.5 Å². The molecule has 0 saturated carbocycles. The molecule has 0 aliphatic carbocycles. The van der Waals surface area contributed by atoms with E-state index in [-0.39, 0.29) is 23.6 Å². The van der Waals surface area contributed by atoms with Crippen LogP contribution in [0.3, 0.4) is 0 Å². The number of likely N-dealkylation sites (tertiary alicyclic amines) is 1. The van der Waals surface area contributed by atoms with E-state index in [0.29, 0.717) is 28.5 Å². The summed E-state index contributed by atoms with van der Waals surface area (Å²) in [7, 11) is 0. The molecule has 3 aromatic rings. The van der Waals surface area contributed by atoms with Crippen LogP contribution in [-0.4, -0.2) is 52.4 Å². The van der Waals surface area contributed by atoms with Gasteiger partial charge in [-0.05, 0) is 25.0 Å². The van der Waals surface area contributed by atoms with E-state index in [0.717, 1.165) is 39.1 Å². The molecule has 0 bridgehead atoms. The van der Waals surface area contributed by atoms with E-state index < -0.39 is 6.17 Å². The molecule has 3 aliphatic heterocycles. The van der Waals surface area contributed by atoms with Gasteiger partial charge in [-0.15, -0.1) is 0 Å². The molecule has 0 radical (unpaired) electrons. The fraction of sp³-hybridized carbons (Fsp3) is 0.375. The molecule has 6 rings (SSSR count). The van der Waals surface area contributed by atoms with Gasteiger partial charge in [0.2, 0.25) is 0 Å². The molecule has 1 N–H and O–H groups in total. The smallest absolute Gasteiger partial charge is 0.181 e. The molecule has 1 spiro atoms. The highest BCUT2D eigenvalue weighted by Crippen LogP contribution is 2.39. The SMILES string of the molecule is FC1=C(N2CCC3(CC2)COC3)NC(c2cc(-c3ccon3)n(Cc3ccccc3F)n2)N=C1. The monoisotopic (exact) mass is 466 g/mol. The molecule has 176 valence electrons. The molecule has 2 fully saturated rings. The quantitative estimate of drug-likeness (QED) is 0.618. The minimum atomic E-state index is -0.579.